The number of halogens is 1. The van der Waals surface area contributed by atoms with E-state index in [0.29, 0.717) is 10.6 Å². The Morgan fingerprint density at radius 3 is 2.41 bits per heavy atom. The molecule has 1 aromatic rings. The fourth-order valence-corrected chi connectivity index (χ4v) is 1.61. The summed E-state index contributed by atoms with van der Waals surface area (Å²) in [5, 5.41) is 0.342. The van der Waals surface area contributed by atoms with Crippen LogP contribution in [0.1, 0.15) is 31.1 Å². The predicted octanol–water partition coefficient (Wildman–Crippen LogP) is 3.11. The molecule has 0 spiro atoms. The van der Waals surface area contributed by atoms with Crippen molar-refractivity contribution in [1.29, 1.82) is 0 Å². The molecule has 3 nitrogen and oxygen atoms in total. The lowest BCUT2D eigenvalue weighted by atomic mass is 9.84. The molecule has 0 aliphatic heterocycles. The van der Waals surface area contributed by atoms with E-state index in [4.69, 9.17) is 16.3 Å². The van der Waals surface area contributed by atoms with Crippen molar-refractivity contribution in [2.75, 3.05) is 6.61 Å². The number of ketones is 1. The third-order valence-electron chi connectivity index (χ3n) is 2.47. The maximum absolute atomic E-state index is 12.2. The number of benzene rings is 1. The zero-order valence-electron chi connectivity index (χ0n) is 10.1. The van der Waals surface area contributed by atoms with Crippen molar-refractivity contribution >= 4 is 23.4 Å². The summed E-state index contributed by atoms with van der Waals surface area (Å²) in [5.74, 6) is -0.869. The topological polar surface area (TPSA) is 43.4 Å². The van der Waals surface area contributed by atoms with E-state index in [0.717, 1.165) is 0 Å². The SMILES string of the molecule is CCOC(=O)C(C)(C)C(=O)c1ccccc1Cl. The van der Waals surface area contributed by atoms with Crippen LogP contribution < -0.4 is 0 Å². The summed E-state index contributed by atoms with van der Waals surface area (Å²) in [6, 6.07) is 6.67. The van der Waals surface area contributed by atoms with Gasteiger partial charge in [0.1, 0.15) is 5.41 Å². The van der Waals surface area contributed by atoms with E-state index in [-0.39, 0.29) is 12.4 Å². The molecule has 0 aliphatic rings. The number of carbonyl (C=O) groups is 2. The molecule has 0 fully saturated rings. The largest absolute Gasteiger partial charge is 0.465 e. The number of carbonyl (C=O) groups excluding carboxylic acids is 2. The second-order valence-electron chi connectivity index (χ2n) is 4.15. The average Bonchev–Trinajstić information content (AvgIpc) is 2.29. The summed E-state index contributed by atoms with van der Waals surface area (Å²) in [7, 11) is 0. The standard InChI is InChI=1S/C13H15ClO3/c1-4-17-12(16)13(2,3)11(15)9-7-5-6-8-10(9)14/h5-8H,4H2,1-3H3. The Morgan fingerprint density at radius 1 is 1.29 bits per heavy atom. The fraction of sp³-hybridized carbons (Fsp3) is 0.385. The van der Waals surface area contributed by atoms with Crippen LogP contribution in [-0.4, -0.2) is 18.4 Å². The van der Waals surface area contributed by atoms with Gasteiger partial charge in [-0.1, -0.05) is 23.7 Å². The molecule has 0 saturated carbocycles. The highest BCUT2D eigenvalue weighted by atomic mass is 35.5. The average molecular weight is 255 g/mol. The Hall–Kier alpha value is -1.35. The molecule has 0 saturated heterocycles. The number of ether oxygens (including phenoxy) is 1. The van der Waals surface area contributed by atoms with Gasteiger partial charge in [-0.2, -0.15) is 0 Å². The molecule has 1 rings (SSSR count). The number of hydrogen-bond acceptors (Lipinski definition) is 3. The highest BCUT2D eigenvalue weighted by molar-refractivity contribution is 6.34. The van der Waals surface area contributed by atoms with Crippen LogP contribution in [0, 0.1) is 5.41 Å². The maximum atomic E-state index is 12.2. The van der Waals surface area contributed by atoms with Gasteiger partial charge in [0, 0.05) is 5.56 Å². The van der Waals surface area contributed by atoms with Crippen molar-refractivity contribution in [1.82, 2.24) is 0 Å². The number of rotatable bonds is 4. The van der Waals surface area contributed by atoms with E-state index >= 15 is 0 Å². The lowest BCUT2D eigenvalue weighted by Gasteiger charge is -2.21. The van der Waals surface area contributed by atoms with Gasteiger partial charge in [-0.3, -0.25) is 9.59 Å². The van der Waals surface area contributed by atoms with Gasteiger partial charge in [-0.05, 0) is 32.9 Å². The van der Waals surface area contributed by atoms with E-state index in [2.05, 4.69) is 0 Å². The van der Waals surface area contributed by atoms with E-state index in [1.165, 1.54) is 13.8 Å². The summed E-state index contributed by atoms with van der Waals surface area (Å²) in [6.45, 7) is 5.03. The van der Waals surface area contributed by atoms with Crippen LogP contribution in [0.15, 0.2) is 24.3 Å². The third kappa shape index (κ3) is 2.86. The summed E-state index contributed by atoms with van der Waals surface area (Å²) in [6.07, 6.45) is 0. The molecule has 0 amide bonds. The number of Topliss-reactive ketones (excluding diaryl/α,β-unsaturated/α-hetero) is 1. The fourth-order valence-electron chi connectivity index (χ4n) is 1.39. The Morgan fingerprint density at radius 2 is 1.88 bits per heavy atom. The molecule has 0 radical (unpaired) electrons. The summed E-state index contributed by atoms with van der Waals surface area (Å²) in [4.78, 5) is 23.9. The van der Waals surface area contributed by atoms with Gasteiger partial charge in [-0.25, -0.2) is 0 Å². The molecule has 0 atom stereocenters. The second kappa shape index (κ2) is 5.32. The van der Waals surface area contributed by atoms with Crippen LogP contribution in [0.25, 0.3) is 0 Å². The third-order valence-corrected chi connectivity index (χ3v) is 2.80. The minimum atomic E-state index is -1.22. The first-order valence-corrected chi connectivity index (χ1v) is 5.75. The number of esters is 1. The van der Waals surface area contributed by atoms with E-state index in [1.807, 2.05) is 0 Å². The van der Waals surface area contributed by atoms with Crippen LogP contribution in [0.4, 0.5) is 0 Å². The van der Waals surface area contributed by atoms with Gasteiger partial charge in [0.2, 0.25) is 0 Å². The van der Waals surface area contributed by atoms with Gasteiger partial charge in [0.05, 0.1) is 11.6 Å². The predicted molar refractivity (Wildman–Crippen MR) is 66.2 cm³/mol. The summed E-state index contributed by atoms with van der Waals surface area (Å²) in [5.41, 5.74) is -0.881. The van der Waals surface area contributed by atoms with Crippen molar-refractivity contribution in [2.24, 2.45) is 5.41 Å². The highest BCUT2D eigenvalue weighted by Crippen LogP contribution is 2.27. The summed E-state index contributed by atoms with van der Waals surface area (Å²) < 4.78 is 4.89. The lowest BCUT2D eigenvalue weighted by molar-refractivity contribution is -0.150. The second-order valence-corrected chi connectivity index (χ2v) is 4.56. The van der Waals surface area contributed by atoms with E-state index in [9.17, 15) is 9.59 Å². The van der Waals surface area contributed by atoms with Crippen molar-refractivity contribution in [3.05, 3.63) is 34.9 Å². The smallest absolute Gasteiger partial charge is 0.319 e. The van der Waals surface area contributed by atoms with Crippen LogP contribution in [0.2, 0.25) is 5.02 Å². The van der Waals surface area contributed by atoms with E-state index in [1.54, 1.807) is 31.2 Å². The zero-order chi connectivity index (χ0) is 13.1. The monoisotopic (exact) mass is 254 g/mol. The van der Waals surface area contributed by atoms with Gasteiger partial charge in [-0.15, -0.1) is 0 Å². The summed E-state index contributed by atoms with van der Waals surface area (Å²) >= 11 is 5.93. The quantitative estimate of drug-likeness (QED) is 0.471. The first-order valence-electron chi connectivity index (χ1n) is 5.37. The molecule has 0 heterocycles. The van der Waals surface area contributed by atoms with Gasteiger partial charge in [0.15, 0.2) is 5.78 Å². The Kier molecular flexibility index (Phi) is 4.29. The normalized spacial score (nSPS) is 11.1. The van der Waals surface area contributed by atoms with Gasteiger partial charge < -0.3 is 4.74 Å². The molecule has 0 N–H and O–H groups in total. The molecular weight excluding hydrogens is 240 g/mol. The first-order chi connectivity index (χ1) is 7.91. The molecule has 4 heteroatoms. The van der Waals surface area contributed by atoms with Crippen LogP contribution in [0.5, 0.6) is 0 Å². The minimum absolute atomic E-state index is 0.248. The molecule has 0 aromatic heterocycles. The maximum Gasteiger partial charge on any atom is 0.319 e. The van der Waals surface area contributed by atoms with Crippen molar-refractivity contribution in [3.63, 3.8) is 0 Å². The number of hydrogen-bond donors (Lipinski definition) is 0. The van der Waals surface area contributed by atoms with E-state index < -0.39 is 11.4 Å². The zero-order valence-corrected chi connectivity index (χ0v) is 10.9. The molecule has 92 valence electrons. The van der Waals surface area contributed by atoms with Crippen molar-refractivity contribution < 1.29 is 14.3 Å². The Bertz CT molecular complexity index is 438. The molecular formula is C13H15ClO3. The highest BCUT2D eigenvalue weighted by Gasteiger charge is 2.38. The molecule has 17 heavy (non-hydrogen) atoms. The van der Waals surface area contributed by atoms with Gasteiger partial charge >= 0.3 is 5.97 Å². The molecule has 0 unspecified atom stereocenters. The lowest BCUT2D eigenvalue weighted by Crippen LogP contribution is -2.35. The molecule has 0 aliphatic carbocycles. The van der Waals surface area contributed by atoms with Crippen LogP contribution in [-0.2, 0) is 9.53 Å². The van der Waals surface area contributed by atoms with Gasteiger partial charge in [0.25, 0.3) is 0 Å². The molecule has 0 bridgehead atoms. The van der Waals surface area contributed by atoms with Crippen molar-refractivity contribution in [2.45, 2.75) is 20.8 Å². The van der Waals surface area contributed by atoms with Crippen molar-refractivity contribution in [3.8, 4) is 0 Å². The van der Waals surface area contributed by atoms with Crippen LogP contribution in [0.3, 0.4) is 0 Å². The first kappa shape index (κ1) is 13.7. The Labute approximate surface area is 106 Å². The Balaban J connectivity index is 3.05. The minimum Gasteiger partial charge on any atom is -0.465 e. The van der Waals surface area contributed by atoms with Crippen LogP contribution >= 0.6 is 11.6 Å². The molecule has 1 aromatic carbocycles.